The third kappa shape index (κ3) is 3.89. The van der Waals surface area contributed by atoms with Gasteiger partial charge in [0.1, 0.15) is 11.6 Å². The molecule has 2 aliphatic heterocycles. The fourth-order valence-electron chi connectivity index (χ4n) is 4.76. The van der Waals surface area contributed by atoms with Crippen molar-refractivity contribution in [3.8, 4) is 17.0 Å². The lowest BCUT2D eigenvalue weighted by atomic mass is 10.00. The first-order valence-corrected chi connectivity index (χ1v) is 11.7. The van der Waals surface area contributed by atoms with Gasteiger partial charge in [0, 0.05) is 47.5 Å². The molecular formula is C23H28N4O2S. The van der Waals surface area contributed by atoms with E-state index in [1.54, 1.807) is 11.3 Å². The van der Waals surface area contributed by atoms with Crippen LogP contribution in [0.2, 0.25) is 0 Å². The van der Waals surface area contributed by atoms with E-state index in [1.165, 1.54) is 13.0 Å². The van der Waals surface area contributed by atoms with Crippen molar-refractivity contribution in [2.75, 3.05) is 31.6 Å². The van der Waals surface area contributed by atoms with Crippen LogP contribution in [0.15, 0.2) is 29.6 Å². The highest BCUT2D eigenvalue weighted by Crippen LogP contribution is 2.38. The normalized spacial score (nSPS) is 21.2. The van der Waals surface area contributed by atoms with Gasteiger partial charge in [0.05, 0.1) is 5.69 Å². The van der Waals surface area contributed by atoms with Crippen molar-refractivity contribution in [1.82, 2.24) is 15.1 Å². The molecule has 1 atom stereocenters. The van der Waals surface area contributed by atoms with Crippen LogP contribution in [0.4, 0.5) is 5.82 Å². The van der Waals surface area contributed by atoms with Crippen LogP contribution >= 0.6 is 11.3 Å². The fourth-order valence-corrected chi connectivity index (χ4v) is 5.55. The molecular weight excluding hydrogens is 396 g/mol. The van der Waals surface area contributed by atoms with Gasteiger partial charge in [0.25, 0.3) is 0 Å². The number of benzene rings is 1. The molecule has 0 amide bonds. The summed E-state index contributed by atoms with van der Waals surface area (Å²) in [5.41, 5.74) is 2.48. The monoisotopic (exact) mass is 424 g/mol. The number of nitrogens with zero attached hydrogens (tertiary/aromatic N) is 3. The molecule has 0 aliphatic carbocycles. The highest BCUT2D eigenvalue weighted by atomic mass is 32.1. The molecule has 5 rings (SSSR count). The Morgan fingerprint density at radius 2 is 2.03 bits per heavy atom. The molecule has 2 saturated heterocycles. The summed E-state index contributed by atoms with van der Waals surface area (Å²) >= 11 is 1.62. The second-order valence-corrected chi connectivity index (χ2v) is 9.33. The minimum atomic E-state index is 0.284. The molecule has 6 nitrogen and oxygen atoms in total. The summed E-state index contributed by atoms with van der Waals surface area (Å²) in [5.74, 6) is 1.09. The maximum absolute atomic E-state index is 10.7. The molecule has 2 aliphatic rings. The lowest BCUT2D eigenvalue weighted by molar-refractivity contribution is 0.0255. The van der Waals surface area contributed by atoms with Crippen molar-refractivity contribution in [3.05, 3.63) is 35.2 Å². The summed E-state index contributed by atoms with van der Waals surface area (Å²) in [6.45, 7) is 6.02. The summed E-state index contributed by atoms with van der Waals surface area (Å²) in [5, 5.41) is 26.1. The van der Waals surface area contributed by atoms with Crippen LogP contribution in [0.25, 0.3) is 21.3 Å². The first-order valence-electron chi connectivity index (χ1n) is 10.8. The average molecular weight is 425 g/mol. The van der Waals surface area contributed by atoms with Gasteiger partial charge in [-0.2, -0.15) is 0 Å². The lowest BCUT2D eigenvalue weighted by Crippen LogP contribution is -2.48. The van der Waals surface area contributed by atoms with Gasteiger partial charge >= 0.3 is 0 Å². The molecule has 0 unspecified atom stereocenters. The van der Waals surface area contributed by atoms with E-state index in [2.05, 4.69) is 20.4 Å². The number of phenolic OH excluding ortho intramolecular Hbond substituents is 1. The highest BCUT2D eigenvalue weighted by molar-refractivity contribution is 7.17. The van der Waals surface area contributed by atoms with E-state index in [1.807, 2.05) is 36.6 Å². The van der Waals surface area contributed by atoms with Crippen molar-refractivity contribution in [1.29, 1.82) is 0 Å². The summed E-state index contributed by atoms with van der Waals surface area (Å²) in [7, 11) is 0. The van der Waals surface area contributed by atoms with Gasteiger partial charge in [-0.3, -0.25) is 4.90 Å². The van der Waals surface area contributed by atoms with Gasteiger partial charge in [0.2, 0.25) is 0 Å². The molecule has 2 aromatic heterocycles. The van der Waals surface area contributed by atoms with Crippen LogP contribution in [-0.2, 0) is 4.74 Å². The predicted molar refractivity (Wildman–Crippen MR) is 121 cm³/mol. The summed E-state index contributed by atoms with van der Waals surface area (Å²) in [6, 6.07) is 9.00. The molecule has 2 fully saturated rings. The number of aromatic hydroxyl groups is 1. The minimum absolute atomic E-state index is 0.284. The fraction of sp³-hybridized carbons (Fsp3) is 0.478. The smallest absolute Gasteiger partial charge is 0.149 e. The number of rotatable bonds is 4. The SMILES string of the molecule is Cc1cc(N[C@@H]2CCCN(C3CCOCC3)C2)nnc1-c1ccc2sccc2c1O. The zero-order valence-corrected chi connectivity index (χ0v) is 18.1. The molecule has 3 aromatic rings. The topological polar surface area (TPSA) is 70.5 Å². The first kappa shape index (κ1) is 19.7. The van der Waals surface area contributed by atoms with Crippen molar-refractivity contribution >= 4 is 27.2 Å². The molecule has 0 radical (unpaired) electrons. The van der Waals surface area contributed by atoms with Crippen molar-refractivity contribution in [2.24, 2.45) is 0 Å². The number of nitrogens with one attached hydrogen (secondary N) is 1. The van der Waals surface area contributed by atoms with Crippen molar-refractivity contribution < 1.29 is 9.84 Å². The number of thiophene rings is 1. The van der Waals surface area contributed by atoms with E-state index in [4.69, 9.17) is 4.74 Å². The molecule has 1 aromatic carbocycles. The van der Waals surface area contributed by atoms with E-state index in [-0.39, 0.29) is 5.75 Å². The van der Waals surface area contributed by atoms with Crippen molar-refractivity contribution in [2.45, 2.75) is 44.7 Å². The molecule has 2 N–H and O–H groups in total. The average Bonchev–Trinajstić information content (AvgIpc) is 3.25. The molecule has 158 valence electrons. The second-order valence-electron chi connectivity index (χ2n) is 8.38. The molecule has 0 saturated carbocycles. The van der Waals surface area contributed by atoms with E-state index >= 15 is 0 Å². The number of piperidine rings is 1. The van der Waals surface area contributed by atoms with Crippen LogP contribution in [0.3, 0.4) is 0 Å². The quantitative estimate of drug-likeness (QED) is 0.646. The van der Waals surface area contributed by atoms with E-state index in [9.17, 15) is 5.11 Å². The highest BCUT2D eigenvalue weighted by Gasteiger charge is 2.27. The van der Waals surface area contributed by atoms with Crippen LogP contribution in [0.1, 0.15) is 31.2 Å². The predicted octanol–water partition coefficient (Wildman–Crippen LogP) is 4.43. The Bertz CT molecular complexity index is 1030. The zero-order valence-electron chi connectivity index (χ0n) is 17.3. The summed E-state index contributed by atoms with van der Waals surface area (Å²) in [4.78, 5) is 2.62. The molecule has 4 heterocycles. The number of ether oxygens (including phenoxy) is 1. The number of aryl methyl sites for hydroxylation is 1. The number of fused-ring (bicyclic) bond motifs is 1. The minimum Gasteiger partial charge on any atom is -0.507 e. The number of aromatic nitrogens is 2. The maximum Gasteiger partial charge on any atom is 0.149 e. The largest absolute Gasteiger partial charge is 0.507 e. The Labute approximate surface area is 180 Å². The third-order valence-electron chi connectivity index (χ3n) is 6.36. The van der Waals surface area contributed by atoms with Crippen molar-refractivity contribution in [3.63, 3.8) is 0 Å². The van der Waals surface area contributed by atoms with Gasteiger partial charge in [-0.1, -0.05) is 0 Å². The number of hydrogen-bond acceptors (Lipinski definition) is 7. The van der Waals surface area contributed by atoms with Crippen LogP contribution < -0.4 is 5.32 Å². The molecule has 0 bridgehead atoms. The maximum atomic E-state index is 10.7. The van der Waals surface area contributed by atoms with E-state index in [0.717, 1.165) is 71.7 Å². The van der Waals surface area contributed by atoms with Gasteiger partial charge in [-0.15, -0.1) is 21.5 Å². The number of hydrogen-bond donors (Lipinski definition) is 2. The second kappa shape index (κ2) is 8.49. The Morgan fingerprint density at radius 3 is 2.87 bits per heavy atom. The van der Waals surface area contributed by atoms with Gasteiger partial charge < -0.3 is 15.2 Å². The molecule has 30 heavy (non-hydrogen) atoms. The van der Waals surface area contributed by atoms with Gasteiger partial charge in [0.15, 0.2) is 0 Å². The van der Waals surface area contributed by atoms with Crippen LogP contribution in [-0.4, -0.2) is 58.6 Å². The number of likely N-dealkylation sites (tertiary alicyclic amines) is 1. The van der Waals surface area contributed by atoms with Gasteiger partial charge in [-0.05, 0) is 74.4 Å². The standard InChI is InChI=1S/C23H28N4O2S/c1-15-13-21(24-16-3-2-9-27(14-16)17-6-10-29-11-7-17)25-26-22(15)19-4-5-20-18(23(19)28)8-12-30-20/h4-5,8,12-13,16-17,28H,2-3,6-7,9-11,14H2,1H3,(H,24,25)/t16-/m1/s1. The number of phenols is 1. The first-order chi connectivity index (χ1) is 14.7. The van der Waals surface area contributed by atoms with E-state index < -0.39 is 0 Å². The van der Waals surface area contributed by atoms with Gasteiger partial charge in [-0.25, -0.2) is 0 Å². The summed E-state index contributed by atoms with van der Waals surface area (Å²) in [6.07, 6.45) is 4.63. The molecule has 7 heteroatoms. The summed E-state index contributed by atoms with van der Waals surface area (Å²) < 4.78 is 6.60. The van der Waals surface area contributed by atoms with E-state index in [0.29, 0.717) is 12.1 Å². The number of anilines is 1. The molecule has 0 spiro atoms. The third-order valence-corrected chi connectivity index (χ3v) is 7.24. The Morgan fingerprint density at radius 1 is 1.17 bits per heavy atom. The van der Waals surface area contributed by atoms with Crippen LogP contribution in [0, 0.1) is 6.92 Å². The zero-order chi connectivity index (χ0) is 20.5. The lowest BCUT2D eigenvalue weighted by Gasteiger charge is -2.40. The Balaban J connectivity index is 1.31. The van der Waals surface area contributed by atoms with Crippen LogP contribution in [0.5, 0.6) is 5.75 Å². The Kier molecular flexibility index (Phi) is 5.58. The Hall–Kier alpha value is -2.22.